The Kier molecular flexibility index (Phi) is 4.31. The maximum Gasteiger partial charge on any atom is 0.327 e. The van der Waals surface area contributed by atoms with Gasteiger partial charge in [-0.15, -0.1) is 0 Å². The van der Waals surface area contributed by atoms with Gasteiger partial charge in [0.2, 0.25) is 0 Å². The van der Waals surface area contributed by atoms with Gasteiger partial charge in [0, 0.05) is 0 Å². The van der Waals surface area contributed by atoms with E-state index >= 15 is 0 Å². The van der Waals surface area contributed by atoms with Crippen molar-refractivity contribution in [2.75, 3.05) is 13.7 Å². The summed E-state index contributed by atoms with van der Waals surface area (Å²) in [7, 11) is 1.52. The second kappa shape index (κ2) is 5.33. The van der Waals surface area contributed by atoms with Crippen molar-refractivity contribution >= 4 is 17.6 Å². The van der Waals surface area contributed by atoms with E-state index in [1.165, 1.54) is 26.1 Å². The SMILES string of the molecule is CNC(C)(COc1ccc(F)cc1Cl)C(=O)O. The minimum absolute atomic E-state index is 0.105. The van der Waals surface area contributed by atoms with Gasteiger partial charge in [-0.1, -0.05) is 11.6 Å². The smallest absolute Gasteiger partial charge is 0.327 e. The first-order chi connectivity index (χ1) is 7.89. The van der Waals surface area contributed by atoms with E-state index in [2.05, 4.69) is 5.32 Å². The van der Waals surface area contributed by atoms with Gasteiger partial charge in [0.05, 0.1) is 5.02 Å². The monoisotopic (exact) mass is 261 g/mol. The molecule has 0 saturated carbocycles. The molecule has 1 rings (SSSR count). The van der Waals surface area contributed by atoms with Crippen molar-refractivity contribution in [2.24, 2.45) is 0 Å². The molecule has 1 unspecified atom stereocenters. The fourth-order valence-corrected chi connectivity index (χ4v) is 1.28. The Morgan fingerprint density at radius 3 is 2.76 bits per heavy atom. The fourth-order valence-electron chi connectivity index (χ4n) is 1.06. The predicted octanol–water partition coefficient (Wildman–Crippen LogP) is 1.92. The number of rotatable bonds is 5. The van der Waals surface area contributed by atoms with Gasteiger partial charge < -0.3 is 15.2 Å². The lowest BCUT2D eigenvalue weighted by molar-refractivity contribution is -0.145. The van der Waals surface area contributed by atoms with Gasteiger partial charge in [-0.05, 0) is 32.2 Å². The van der Waals surface area contributed by atoms with Crippen molar-refractivity contribution in [3.8, 4) is 5.75 Å². The molecule has 0 amide bonds. The summed E-state index contributed by atoms with van der Waals surface area (Å²) < 4.78 is 18.0. The molecule has 0 aliphatic carbocycles. The topological polar surface area (TPSA) is 58.6 Å². The van der Waals surface area contributed by atoms with Gasteiger partial charge >= 0.3 is 5.97 Å². The average molecular weight is 262 g/mol. The predicted molar refractivity (Wildman–Crippen MR) is 62.0 cm³/mol. The Morgan fingerprint density at radius 2 is 2.29 bits per heavy atom. The number of benzene rings is 1. The molecule has 0 aromatic heterocycles. The van der Waals surface area contributed by atoms with Gasteiger partial charge in [0.25, 0.3) is 0 Å². The van der Waals surface area contributed by atoms with E-state index in [4.69, 9.17) is 21.4 Å². The van der Waals surface area contributed by atoms with Crippen LogP contribution in [0.2, 0.25) is 5.02 Å². The third-order valence-electron chi connectivity index (χ3n) is 2.43. The Morgan fingerprint density at radius 1 is 1.65 bits per heavy atom. The number of aliphatic carboxylic acids is 1. The van der Waals surface area contributed by atoms with Gasteiger partial charge in [0.1, 0.15) is 23.7 Å². The van der Waals surface area contributed by atoms with E-state index in [9.17, 15) is 9.18 Å². The quantitative estimate of drug-likeness (QED) is 0.850. The van der Waals surface area contributed by atoms with Crippen molar-refractivity contribution in [3.63, 3.8) is 0 Å². The Labute approximate surface area is 103 Å². The van der Waals surface area contributed by atoms with Crippen molar-refractivity contribution in [2.45, 2.75) is 12.5 Å². The van der Waals surface area contributed by atoms with Crippen molar-refractivity contribution in [3.05, 3.63) is 29.0 Å². The molecule has 0 fully saturated rings. The highest BCUT2D eigenvalue weighted by Gasteiger charge is 2.32. The molecule has 0 radical (unpaired) electrons. The summed E-state index contributed by atoms with van der Waals surface area (Å²) in [5, 5.41) is 11.7. The van der Waals surface area contributed by atoms with Gasteiger partial charge in [0.15, 0.2) is 0 Å². The molecule has 0 saturated heterocycles. The molecular weight excluding hydrogens is 249 g/mol. The second-order valence-corrected chi connectivity index (χ2v) is 4.16. The van der Waals surface area contributed by atoms with Crippen LogP contribution < -0.4 is 10.1 Å². The molecule has 0 aliphatic heterocycles. The van der Waals surface area contributed by atoms with Crippen LogP contribution in [0.25, 0.3) is 0 Å². The summed E-state index contributed by atoms with van der Waals surface area (Å²) in [5.41, 5.74) is -1.22. The number of hydrogen-bond donors (Lipinski definition) is 2. The van der Waals surface area contributed by atoms with E-state index in [0.29, 0.717) is 0 Å². The maximum absolute atomic E-state index is 12.8. The third kappa shape index (κ3) is 3.31. The zero-order chi connectivity index (χ0) is 13.1. The largest absolute Gasteiger partial charge is 0.489 e. The summed E-state index contributed by atoms with van der Waals surface area (Å²) in [6, 6.07) is 3.66. The average Bonchev–Trinajstić information content (AvgIpc) is 2.27. The lowest BCUT2D eigenvalue weighted by Crippen LogP contribution is -2.52. The highest BCUT2D eigenvalue weighted by molar-refractivity contribution is 6.32. The van der Waals surface area contributed by atoms with Gasteiger partial charge in [-0.25, -0.2) is 4.39 Å². The first kappa shape index (κ1) is 13.7. The number of hydrogen-bond acceptors (Lipinski definition) is 3. The number of carbonyl (C=O) groups is 1. The van der Waals surface area contributed by atoms with Crippen LogP contribution in [0, 0.1) is 5.82 Å². The first-order valence-corrected chi connectivity index (χ1v) is 5.27. The highest BCUT2D eigenvalue weighted by Crippen LogP contribution is 2.25. The second-order valence-electron chi connectivity index (χ2n) is 3.75. The standard InChI is InChI=1S/C11H13ClFNO3/c1-11(14-2,10(15)16)6-17-9-4-3-7(13)5-8(9)12/h3-5,14H,6H2,1-2H3,(H,15,16). The molecule has 0 spiro atoms. The molecule has 0 aliphatic rings. The number of carboxylic acids is 1. The zero-order valence-electron chi connectivity index (χ0n) is 9.46. The van der Waals surface area contributed by atoms with Crippen molar-refractivity contribution in [1.82, 2.24) is 5.32 Å². The van der Waals surface area contributed by atoms with E-state index in [1.807, 2.05) is 0 Å². The normalized spacial score (nSPS) is 14.1. The molecule has 1 aromatic rings. The molecule has 17 heavy (non-hydrogen) atoms. The van der Waals surface area contributed by atoms with Crippen LogP contribution in [-0.2, 0) is 4.79 Å². The van der Waals surface area contributed by atoms with Crippen LogP contribution >= 0.6 is 11.6 Å². The van der Waals surface area contributed by atoms with Gasteiger partial charge in [-0.3, -0.25) is 4.79 Å². The van der Waals surface area contributed by atoms with E-state index in [0.717, 1.165) is 6.07 Å². The third-order valence-corrected chi connectivity index (χ3v) is 2.73. The Bertz CT molecular complexity index is 427. The van der Waals surface area contributed by atoms with Gasteiger partial charge in [-0.2, -0.15) is 0 Å². The molecule has 1 atom stereocenters. The lowest BCUT2D eigenvalue weighted by Gasteiger charge is -2.24. The summed E-state index contributed by atoms with van der Waals surface area (Å²) in [6.07, 6.45) is 0. The van der Waals surface area contributed by atoms with Crippen LogP contribution in [0.15, 0.2) is 18.2 Å². The molecule has 0 heterocycles. The summed E-state index contributed by atoms with van der Waals surface area (Å²) in [4.78, 5) is 11.0. The molecule has 4 nitrogen and oxygen atoms in total. The Balaban J connectivity index is 2.76. The van der Waals surface area contributed by atoms with Crippen LogP contribution in [0.5, 0.6) is 5.75 Å². The number of halogens is 2. The number of ether oxygens (including phenoxy) is 1. The molecule has 1 aromatic carbocycles. The zero-order valence-corrected chi connectivity index (χ0v) is 10.2. The minimum atomic E-state index is -1.22. The first-order valence-electron chi connectivity index (χ1n) is 4.89. The van der Waals surface area contributed by atoms with Crippen LogP contribution in [0.4, 0.5) is 4.39 Å². The summed E-state index contributed by atoms with van der Waals surface area (Å²) >= 11 is 5.75. The van der Waals surface area contributed by atoms with Crippen molar-refractivity contribution in [1.29, 1.82) is 0 Å². The van der Waals surface area contributed by atoms with E-state index < -0.39 is 17.3 Å². The van der Waals surface area contributed by atoms with Crippen LogP contribution in [0.3, 0.4) is 0 Å². The molecular formula is C11H13ClFNO3. The molecule has 94 valence electrons. The number of nitrogens with one attached hydrogen (secondary N) is 1. The van der Waals surface area contributed by atoms with Crippen LogP contribution in [-0.4, -0.2) is 30.3 Å². The van der Waals surface area contributed by atoms with Crippen molar-refractivity contribution < 1.29 is 19.0 Å². The van der Waals surface area contributed by atoms with E-state index in [-0.39, 0.29) is 17.4 Å². The number of likely N-dealkylation sites (N-methyl/N-ethyl adjacent to an activating group) is 1. The van der Waals surface area contributed by atoms with Crippen LogP contribution in [0.1, 0.15) is 6.92 Å². The fraction of sp³-hybridized carbons (Fsp3) is 0.364. The summed E-state index contributed by atoms with van der Waals surface area (Å²) in [5.74, 6) is -1.27. The molecule has 6 heteroatoms. The Hall–Kier alpha value is -1.33. The maximum atomic E-state index is 12.8. The number of carboxylic acid groups (broad SMARTS) is 1. The van der Waals surface area contributed by atoms with E-state index in [1.54, 1.807) is 0 Å². The minimum Gasteiger partial charge on any atom is -0.489 e. The molecule has 0 bridgehead atoms. The highest BCUT2D eigenvalue weighted by atomic mass is 35.5. The summed E-state index contributed by atoms with van der Waals surface area (Å²) in [6.45, 7) is 1.36. The molecule has 2 N–H and O–H groups in total. The lowest BCUT2D eigenvalue weighted by atomic mass is 10.1.